The van der Waals surface area contributed by atoms with E-state index in [4.69, 9.17) is 4.74 Å². The fraction of sp³-hybridized carbons (Fsp3) is 0.409. The number of esters is 1. The van der Waals surface area contributed by atoms with Gasteiger partial charge in [0.25, 0.3) is 5.91 Å². The first-order chi connectivity index (χ1) is 13.5. The first-order valence-corrected chi connectivity index (χ1v) is 10.3. The predicted molar refractivity (Wildman–Crippen MR) is 109 cm³/mol. The molecule has 1 aromatic carbocycles. The largest absolute Gasteiger partial charge is 0.456 e. The van der Waals surface area contributed by atoms with Crippen LogP contribution in [0.5, 0.6) is 0 Å². The highest BCUT2D eigenvalue weighted by Crippen LogP contribution is 2.39. The van der Waals surface area contributed by atoms with E-state index in [1.54, 1.807) is 0 Å². The summed E-state index contributed by atoms with van der Waals surface area (Å²) in [4.78, 5) is 25.5. The van der Waals surface area contributed by atoms with Crippen molar-refractivity contribution >= 4 is 28.2 Å². The lowest BCUT2D eigenvalue weighted by atomic mass is 9.89. The monoisotopic (exact) mass is 396 g/mol. The van der Waals surface area contributed by atoms with Crippen molar-refractivity contribution in [3.05, 3.63) is 51.9 Å². The van der Waals surface area contributed by atoms with Crippen molar-refractivity contribution in [3.63, 3.8) is 0 Å². The second kappa shape index (κ2) is 9.03. The number of carbonyl (C=O) groups excluding carboxylic acids is 2. The van der Waals surface area contributed by atoms with Gasteiger partial charge in [-0.15, -0.1) is 11.3 Å². The van der Waals surface area contributed by atoms with E-state index in [0.29, 0.717) is 16.5 Å². The van der Waals surface area contributed by atoms with Crippen LogP contribution in [0.3, 0.4) is 0 Å². The Balaban J connectivity index is 1.53. The lowest BCUT2D eigenvalue weighted by Crippen LogP contribution is -2.21. The third kappa shape index (κ3) is 4.79. The van der Waals surface area contributed by atoms with Crippen molar-refractivity contribution in [2.75, 3.05) is 11.9 Å². The van der Waals surface area contributed by atoms with Crippen LogP contribution in [0.15, 0.2) is 30.3 Å². The summed E-state index contributed by atoms with van der Waals surface area (Å²) in [7, 11) is 0. The molecule has 0 bridgehead atoms. The Morgan fingerprint density at radius 1 is 1.36 bits per heavy atom. The van der Waals surface area contributed by atoms with Gasteiger partial charge in [0.05, 0.1) is 12.0 Å². The minimum atomic E-state index is -0.413. The van der Waals surface area contributed by atoms with E-state index in [9.17, 15) is 14.9 Å². The molecule has 0 fully saturated rings. The van der Waals surface area contributed by atoms with Gasteiger partial charge in [-0.2, -0.15) is 5.26 Å². The molecule has 1 N–H and O–H groups in total. The number of rotatable bonds is 6. The normalized spacial score (nSPS) is 16.5. The molecule has 3 rings (SSSR count). The first kappa shape index (κ1) is 20.1. The van der Waals surface area contributed by atoms with Crippen molar-refractivity contribution in [1.82, 2.24) is 0 Å². The topological polar surface area (TPSA) is 79.2 Å². The van der Waals surface area contributed by atoms with Gasteiger partial charge in [-0.25, -0.2) is 0 Å². The second-order valence-electron chi connectivity index (χ2n) is 7.39. The Hall–Kier alpha value is -2.65. The lowest BCUT2D eigenvalue weighted by Gasteiger charge is -2.17. The lowest BCUT2D eigenvalue weighted by molar-refractivity contribution is -0.147. The van der Waals surface area contributed by atoms with Crippen LogP contribution in [-0.2, 0) is 27.2 Å². The zero-order chi connectivity index (χ0) is 20.1. The molecule has 28 heavy (non-hydrogen) atoms. The van der Waals surface area contributed by atoms with Gasteiger partial charge < -0.3 is 10.1 Å². The molecule has 2 aromatic rings. The Labute approximate surface area is 169 Å². The van der Waals surface area contributed by atoms with E-state index in [-0.39, 0.29) is 18.9 Å². The summed E-state index contributed by atoms with van der Waals surface area (Å²) < 4.78 is 5.13. The Bertz CT molecular complexity index is 898. The molecule has 6 heteroatoms. The van der Waals surface area contributed by atoms with E-state index in [1.807, 2.05) is 37.3 Å². The van der Waals surface area contributed by atoms with Crippen LogP contribution in [0.25, 0.3) is 0 Å². The summed E-state index contributed by atoms with van der Waals surface area (Å²) in [6.45, 7) is 3.81. The van der Waals surface area contributed by atoms with Gasteiger partial charge in [0, 0.05) is 4.88 Å². The third-order valence-electron chi connectivity index (χ3n) is 5.08. The van der Waals surface area contributed by atoms with Crippen LogP contribution in [0, 0.1) is 17.2 Å². The summed E-state index contributed by atoms with van der Waals surface area (Å²) in [5.74, 6) is -0.211. The summed E-state index contributed by atoms with van der Waals surface area (Å²) in [5, 5.41) is 12.8. The van der Waals surface area contributed by atoms with Crippen molar-refractivity contribution in [2.45, 2.75) is 45.4 Å². The fourth-order valence-electron chi connectivity index (χ4n) is 3.47. The van der Waals surface area contributed by atoms with E-state index < -0.39 is 11.9 Å². The van der Waals surface area contributed by atoms with Crippen LogP contribution in [0.2, 0.25) is 0 Å². The van der Waals surface area contributed by atoms with Gasteiger partial charge in [0.1, 0.15) is 11.1 Å². The molecule has 1 aliphatic carbocycles. The average molecular weight is 397 g/mol. The Kier molecular flexibility index (Phi) is 6.48. The number of ether oxygens (including phenoxy) is 1. The predicted octanol–water partition coefficient (Wildman–Crippen LogP) is 4.42. The number of hydrogen-bond donors (Lipinski definition) is 1. The van der Waals surface area contributed by atoms with Gasteiger partial charge in [0.15, 0.2) is 6.61 Å². The second-order valence-corrected chi connectivity index (χ2v) is 8.50. The molecule has 0 saturated carbocycles. The molecule has 0 aliphatic heterocycles. The minimum Gasteiger partial charge on any atom is -0.456 e. The van der Waals surface area contributed by atoms with Crippen LogP contribution in [-0.4, -0.2) is 18.5 Å². The van der Waals surface area contributed by atoms with E-state index >= 15 is 0 Å². The molecule has 5 nitrogen and oxygen atoms in total. The standard InChI is InChI=1S/C22H24N2O3S/c1-14-8-9-17-18(12-23)22(28-19(17)10-14)24-20(25)13-27-21(26)11-15(2)16-6-4-3-5-7-16/h3-7,14-15H,8-11,13H2,1-2H3,(H,24,25)/t14-,15+/m1/s1. The maximum absolute atomic E-state index is 12.2. The molecule has 0 saturated heterocycles. The molecule has 0 spiro atoms. The highest BCUT2D eigenvalue weighted by Gasteiger charge is 2.25. The van der Waals surface area contributed by atoms with Crippen LogP contribution in [0.4, 0.5) is 5.00 Å². The highest BCUT2D eigenvalue weighted by molar-refractivity contribution is 7.16. The molecule has 1 aromatic heterocycles. The molecular weight excluding hydrogens is 372 g/mol. The number of nitriles is 1. The Morgan fingerprint density at radius 2 is 2.11 bits per heavy atom. The maximum Gasteiger partial charge on any atom is 0.306 e. The molecule has 1 amide bonds. The average Bonchev–Trinajstić information content (AvgIpc) is 3.02. The van der Waals surface area contributed by atoms with Gasteiger partial charge >= 0.3 is 5.97 Å². The van der Waals surface area contributed by atoms with Crippen LogP contribution < -0.4 is 5.32 Å². The molecular formula is C22H24N2O3S. The van der Waals surface area contributed by atoms with Crippen molar-refractivity contribution in [1.29, 1.82) is 5.26 Å². The number of nitrogens with zero attached hydrogens (tertiary/aromatic N) is 1. The van der Waals surface area contributed by atoms with Gasteiger partial charge in [0.2, 0.25) is 0 Å². The van der Waals surface area contributed by atoms with Gasteiger partial charge in [-0.05, 0) is 42.2 Å². The molecule has 1 aliphatic rings. The number of benzene rings is 1. The summed E-state index contributed by atoms with van der Waals surface area (Å²) >= 11 is 1.47. The first-order valence-electron chi connectivity index (χ1n) is 9.53. The van der Waals surface area contributed by atoms with E-state index in [2.05, 4.69) is 18.3 Å². The number of anilines is 1. The molecule has 1 heterocycles. The summed E-state index contributed by atoms with van der Waals surface area (Å²) in [6.07, 6.45) is 3.09. The zero-order valence-corrected chi connectivity index (χ0v) is 17.0. The minimum absolute atomic E-state index is 0.0213. The molecule has 0 unspecified atom stereocenters. The number of amides is 1. The molecule has 146 valence electrons. The SMILES string of the molecule is C[C@@H]1CCc2c(sc(NC(=O)COC(=O)C[C@H](C)c3ccccc3)c2C#N)C1. The number of hydrogen-bond acceptors (Lipinski definition) is 5. The summed E-state index contributed by atoms with van der Waals surface area (Å²) in [5.41, 5.74) is 2.68. The van der Waals surface area contributed by atoms with Gasteiger partial charge in [-0.1, -0.05) is 44.2 Å². The number of nitrogens with one attached hydrogen (secondary N) is 1. The smallest absolute Gasteiger partial charge is 0.306 e. The third-order valence-corrected chi connectivity index (χ3v) is 6.25. The number of carbonyl (C=O) groups is 2. The quantitative estimate of drug-likeness (QED) is 0.733. The van der Waals surface area contributed by atoms with Crippen LogP contribution >= 0.6 is 11.3 Å². The summed E-state index contributed by atoms with van der Waals surface area (Å²) in [6, 6.07) is 11.9. The van der Waals surface area contributed by atoms with Crippen molar-refractivity contribution in [2.24, 2.45) is 5.92 Å². The van der Waals surface area contributed by atoms with Crippen molar-refractivity contribution < 1.29 is 14.3 Å². The van der Waals surface area contributed by atoms with Gasteiger partial charge in [-0.3, -0.25) is 9.59 Å². The highest BCUT2D eigenvalue weighted by atomic mass is 32.1. The molecule has 0 radical (unpaired) electrons. The number of thiophene rings is 1. The maximum atomic E-state index is 12.2. The van der Waals surface area contributed by atoms with Crippen LogP contribution in [0.1, 0.15) is 54.2 Å². The van der Waals surface area contributed by atoms with E-state index in [0.717, 1.165) is 30.4 Å². The van der Waals surface area contributed by atoms with E-state index in [1.165, 1.54) is 16.2 Å². The number of fused-ring (bicyclic) bond motifs is 1. The zero-order valence-electron chi connectivity index (χ0n) is 16.2. The van der Waals surface area contributed by atoms with Crippen molar-refractivity contribution in [3.8, 4) is 6.07 Å². The molecule has 2 atom stereocenters. The fourth-order valence-corrected chi connectivity index (χ4v) is 4.85. The Morgan fingerprint density at radius 3 is 2.82 bits per heavy atom.